The van der Waals surface area contributed by atoms with Gasteiger partial charge in [0.25, 0.3) is 0 Å². The van der Waals surface area contributed by atoms with Gasteiger partial charge in [0.05, 0.1) is 19.1 Å². The third kappa shape index (κ3) is 2.27. The summed E-state index contributed by atoms with van der Waals surface area (Å²) >= 11 is 0. The standard InChI is InChI=1S/C13H23N3O2/c14-12-9-18-8-11(12)13(17)16-6-2-5-15-4-1-3-10(15)7-16/h10-12H,1-9,14H2. The van der Waals surface area contributed by atoms with Gasteiger partial charge in [-0.25, -0.2) is 0 Å². The largest absolute Gasteiger partial charge is 0.379 e. The molecule has 0 radical (unpaired) electrons. The van der Waals surface area contributed by atoms with E-state index in [1.165, 1.54) is 19.4 Å². The van der Waals surface area contributed by atoms with Gasteiger partial charge < -0.3 is 15.4 Å². The fourth-order valence-corrected chi connectivity index (χ4v) is 3.47. The van der Waals surface area contributed by atoms with Crippen LogP contribution in [0.25, 0.3) is 0 Å². The monoisotopic (exact) mass is 253 g/mol. The summed E-state index contributed by atoms with van der Waals surface area (Å²) in [7, 11) is 0. The van der Waals surface area contributed by atoms with Crippen molar-refractivity contribution in [2.24, 2.45) is 11.7 Å². The van der Waals surface area contributed by atoms with Gasteiger partial charge in [-0.15, -0.1) is 0 Å². The Bertz CT molecular complexity index is 323. The average molecular weight is 253 g/mol. The first-order valence-corrected chi connectivity index (χ1v) is 7.12. The smallest absolute Gasteiger partial charge is 0.229 e. The topological polar surface area (TPSA) is 58.8 Å². The van der Waals surface area contributed by atoms with E-state index in [-0.39, 0.29) is 17.9 Å². The van der Waals surface area contributed by atoms with Crippen molar-refractivity contribution in [3.8, 4) is 0 Å². The molecule has 2 N–H and O–H groups in total. The Hall–Kier alpha value is -0.650. The van der Waals surface area contributed by atoms with Crippen LogP contribution in [-0.2, 0) is 9.53 Å². The molecular formula is C13H23N3O2. The Morgan fingerprint density at radius 3 is 2.78 bits per heavy atom. The van der Waals surface area contributed by atoms with Gasteiger partial charge in [0.15, 0.2) is 0 Å². The number of hydrogen-bond donors (Lipinski definition) is 1. The van der Waals surface area contributed by atoms with Crippen molar-refractivity contribution in [3.63, 3.8) is 0 Å². The molecule has 5 nitrogen and oxygen atoms in total. The van der Waals surface area contributed by atoms with Crippen LogP contribution in [-0.4, -0.2) is 67.2 Å². The third-order valence-corrected chi connectivity index (χ3v) is 4.56. The summed E-state index contributed by atoms with van der Waals surface area (Å²) < 4.78 is 5.32. The van der Waals surface area contributed by atoms with E-state index in [1.54, 1.807) is 0 Å². The zero-order valence-corrected chi connectivity index (χ0v) is 10.9. The van der Waals surface area contributed by atoms with Gasteiger partial charge in [-0.05, 0) is 25.8 Å². The normalized spacial score (nSPS) is 37.6. The number of carbonyl (C=O) groups is 1. The van der Waals surface area contributed by atoms with E-state index in [2.05, 4.69) is 4.90 Å². The van der Waals surface area contributed by atoms with Crippen molar-refractivity contribution in [3.05, 3.63) is 0 Å². The summed E-state index contributed by atoms with van der Waals surface area (Å²) in [4.78, 5) is 17.1. The van der Waals surface area contributed by atoms with Crippen LogP contribution in [0.15, 0.2) is 0 Å². The molecule has 3 heterocycles. The molecule has 3 aliphatic rings. The van der Waals surface area contributed by atoms with Crippen LogP contribution in [0.1, 0.15) is 19.3 Å². The van der Waals surface area contributed by atoms with Gasteiger partial charge >= 0.3 is 0 Å². The molecule has 0 aromatic rings. The summed E-state index contributed by atoms with van der Waals surface area (Å²) in [6.07, 6.45) is 3.60. The summed E-state index contributed by atoms with van der Waals surface area (Å²) in [6, 6.07) is 0.468. The predicted molar refractivity (Wildman–Crippen MR) is 68.1 cm³/mol. The van der Waals surface area contributed by atoms with Gasteiger partial charge in [0, 0.05) is 31.7 Å². The minimum absolute atomic E-state index is 0.111. The van der Waals surface area contributed by atoms with Gasteiger partial charge in [-0.1, -0.05) is 0 Å². The van der Waals surface area contributed by atoms with Gasteiger partial charge in [0.2, 0.25) is 5.91 Å². The van der Waals surface area contributed by atoms with Crippen LogP contribution in [0.5, 0.6) is 0 Å². The maximum atomic E-state index is 12.5. The molecule has 0 bridgehead atoms. The van der Waals surface area contributed by atoms with E-state index in [0.717, 1.165) is 26.1 Å². The second kappa shape index (κ2) is 5.15. The lowest BCUT2D eigenvalue weighted by Crippen LogP contribution is -2.46. The maximum Gasteiger partial charge on any atom is 0.229 e. The third-order valence-electron chi connectivity index (χ3n) is 4.56. The van der Waals surface area contributed by atoms with E-state index >= 15 is 0 Å². The van der Waals surface area contributed by atoms with E-state index in [0.29, 0.717) is 19.3 Å². The zero-order valence-electron chi connectivity index (χ0n) is 10.9. The Labute approximate surface area is 108 Å². The van der Waals surface area contributed by atoms with Crippen molar-refractivity contribution in [1.29, 1.82) is 0 Å². The highest BCUT2D eigenvalue weighted by Gasteiger charge is 2.37. The molecule has 3 rings (SSSR count). The molecule has 3 unspecified atom stereocenters. The van der Waals surface area contributed by atoms with E-state index in [1.807, 2.05) is 4.90 Å². The minimum Gasteiger partial charge on any atom is -0.379 e. The highest BCUT2D eigenvalue weighted by molar-refractivity contribution is 5.80. The lowest BCUT2D eigenvalue weighted by molar-refractivity contribution is -0.136. The highest BCUT2D eigenvalue weighted by Crippen LogP contribution is 2.23. The van der Waals surface area contributed by atoms with Crippen LogP contribution < -0.4 is 5.73 Å². The molecule has 0 saturated carbocycles. The number of rotatable bonds is 1. The van der Waals surface area contributed by atoms with E-state index < -0.39 is 0 Å². The minimum atomic E-state index is -0.113. The highest BCUT2D eigenvalue weighted by atomic mass is 16.5. The Balaban J connectivity index is 1.65. The van der Waals surface area contributed by atoms with Crippen LogP contribution >= 0.6 is 0 Å². The second-order valence-electron chi connectivity index (χ2n) is 5.78. The quantitative estimate of drug-likeness (QED) is 0.694. The number of nitrogens with zero attached hydrogens (tertiary/aromatic N) is 2. The summed E-state index contributed by atoms with van der Waals surface area (Å²) in [5, 5.41) is 0. The van der Waals surface area contributed by atoms with Crippen LogP contribution in [0.3, 0.4) is 0 Å². The Morgan fingerprint density at radius 1 is 1.17 bits per heavy atom. The van der Waals surface area contributed by atoms with Crippen molar-refractivity contribution in [2.45, 2.75) is 31.3 Å². The summed E-state index contributed by atoms with van der Waals surface area (Å²) in [5.74, 6) is 0.103. The number of nitrogens with two attached hydrogens (primary N) is 1. The number of hydrogen-bond acceptors (Lipinski definition) is 4. The Kier molecular flexibility index (Phi) is 3.54. The van der Waals surface area contributed by atoms with Gasteiger partial charge in [-0.3, -0.25) is 9.69 Å². The molecule has 3 aliphatic heterocycles. The predicted octanol–water partition coefficient (Wildman–Crippen LogP) is -0.343. The Morgan fingerprint density at radius 2 is 2.00 bits per heavy atom. The average Bonchev–Trinajstić information content (AvgIpc) is 2.93. The molecular weight excluding hydrogens is 230 g/mol. The number of carbonyl (C=O) groups excluding carboxylic acids is 1. The fraction of sp³-hybridized carbons (Fsp3) is 0.923. The molecule has 3 fully saturated rings. The molecule has 5 heteroatoms. The van der Waals surface area contributed by atoms with E-state index in [4.69, 9.17) is 10.5 Å². The van der Waals surface area contributed by atoms with Crippen molar-refractivity contribution in [1.82, 2.24) is 9.80 Å². The molecule has 0 aliphatic carbocycles. The lowest BCUT2D eigenvalue weighted by Gasteiger charge is -2.28. The zero-order chi connectivity index (χ0) is 12.5. The fourth-order valence-electron chi connectivity index (χ4n) is 3.47. The summed E-state index contributed by atoms with van der Waals surface area (Å²) in [5.41, 5.74) is 5.95. The molecule has 3 atom stereocenters. The first kappa shape index (κ1) is 12.4. The molecule has 102 valence electrons. The van der Waals surface area contributed by atoms with Crippen LogP contribution in [0.2, 0.25) is 0 Å². The van der Waals surface area contributed by atoms with Gasteiger partial charge in [-0.2, -0.15) is 0 Å². The van der Waals surface area contributed by atoms with E-state index in [9.17, 15) is 4.79 Å². The summed E-state index contributed by atoms with van der Waals surface area (Å²) in [6.45, 7) is 5.15. The van der Waals surface area contributed by atoms with Crippen molar-refractivity contribution < 1.29 is 9.53 Å². The number of ether oxygens (including phenoxy) is 1. The molecule has 0 aromatic carbocycles. The maximum absolute atomic E-state index is 12.5. The molecule has 3 saturated heterocycles. The number of fused-ring (bicyclic) bond motifs is 1. The lowest BCUT2D eigenvalue weighted by atomic mass is 10.0. The molecule has 0 spiro atoms. The SMILES string of the molecule is NC1COCC1C(=O)N1CCCN2CCCC2C1. The molecule has 1 amide bonds. The van der Waals surface area contributed by atoms with Gasteiger partial charge in [0.1, 0.15) is 0 Å². The molecule has 0 aromatic heterocycles. The van der Waals surface area contributed by atoms with Crippen molar-refractivity contribution in [2.75, 3.05) is 39.4 Å². The molecule has 18 heavy (non-hydrogen) atoms. The second-order valence-corrected chi connectivity index (χ2v) is 5.78. The van der Waals surface area contributed by atoms with Crippen molar-refractivity contribution >= 4 is 5.91 Å². The number of amides is 1. The van der Waals surface area contributed by atoms with Crippen LogP contribution in [0.4, 0.5) is 0 Å². The van der Waals surface area contributed by atoms with Crippen LogP contribution in [0, 0.1) is 5.92 Å². The first-order chi connectivity index (χ1) is 8.75. The first-order valence-electron chi connectivity index (χ1n) is 7.12.